The van der Waals surface area contributed by atoms with E-state index in [2.05, 4.69) is 15.1 Å². The van der Waals surface area contributed by atoms with E-state index in [1.54, 1.807) is 18.5 Å². The maximum atomic E-state index is 13.7. The predicted molar refractivity (Wildman–Crippen MR) is 83.3 cm³/mol. The Hall–Kier alpha value is -1.79. The molecule has 0 radical (unpaired) electrons. The van der Waals surface area contributed by atoms with Crippen molar-refractivity contribution in [3.63, 3.8) is 0 Å². The number of ether oxygens (including phenoxy) is 1. The van der Waals surface area contributed by atoms with Crippen molar-refractivity contribution in [2.24, 2.45) is 7.05 Å². The largest absolute Gasteiger partial charge is 0.368 e. The number of halogens is 1. The minimum Gasteiger partial charge on any atom is -0.368 e. The number of morpholine rings is 1. The van der Waals surface area contributed by atoms with Gasteiger partial charge in [0.1, 0.15) is 18.2 Å². The van der Waals surface area contributed by atoms with E-state index < -0.39 is 0 Å². The molecule has 0 N–H and O–H groups in total. The third kappa shape index (κ3) is 2.77. The SMILES string of the molecule is Cn1cnnc1[C@H]1CN([C@H]2CCCc3ccc(F)cc32)CCO1. The van der Waals surface area contributed by atoms with Gasteiger partial charge in [-0.15, -0.1) is 10.2 Å². The molecule has 2 aromatic rings. The fourth-order valence-electron chi connectivity index (χ4n) is 3.82. The Morgan fingerprint density at radius 2 is 2.26 bits per heavy atom. The first-order chi connectivity index (χ1) is 11.2. The van der Waals surface area contributed by atoms with Gasteiger partial charge in [-0.1, -0.05) is 6.07 Å². The summed E-state index contributed by atoms with van der Waals surface area (Å²) in [5.74, 6) is 0.707. The molecular weight excluding hydrogens is 295 g/mol. The molecule has 1 aromatic heterocycles. The highest BCUT2D eigenvalue weighted by atomic mass is 19.1. The second kappa shape index (κ2) is 6.02. The summed E-state index contributed by atoms with van der Waals surface area (Å²) in [5, 5.41) is 8.13. The first kappa shape index (κ1) is 14.8. The van der Waals surface area contributed by atoms with Crippen LogP contribution in [0.5, 0.6) is 0 Å². The number of aryl methyl sites for hydroxylation is 2. The Bertz CT molecular complexity index is 702. The molecule has 1 aromatic carbocycles. The average Bonchev–Trinajstić information content (AvgIpc) is 3.00. The summed E-state index contributed by atoms with van der Waals surface area (Å²) in [5.41, 5.74) is 2.43. The summed E-state index contributed by atoms with van der Waals surface area (Å²) < 4.78 is 21.5. The van der Waals surface area contributed by atoms with Crippen LogP contribution < -0.4 is 0 Å². The van der Waals surface area contributed by atoms with Gasteiger partial charge in [0.05, 0.1) is 6.61 Å². The molecule has 122 valence electrons. The summed E-state index contributed by atoms with van der Waals surface area (Å²) >= 11 is 0. The quantitative estimate of drug-likeness (QED) is 0.853. The second-order valence-electron chi connectivity index (χ2n) is 6.41. The minimum absolute atomic E-state index is 0.0739. The number of rotatable bonds is 2. The molecule has 1 aliphatic carbocycles. The Labute approximate surface area is 135 Å². The van der Waals surface area contributed by atoms with Gasteiger partial charge in [0.15, 0.2) is 5.82 Å². The molecule has 1 fully saturated rings. The summed E-state index contributed by atoms with van der Waals surface area (Å²) in [6.45, 7) is 2.31. The van der Waals surface area contributed by atoms with Crippen LogP contribution in [0.15, 0.2) is 24.5 Å². The zero-order valence-corrected chi connectivity index (χ0v) is 13.3. The maximum absolute atomic E-state index is 13.7. The first-order valence-electron chi connectivity index (χ1n) is 8.20. The van der Waals surface area contributed by atoms with Gasteiger partial charge in [0, 0.05) is 26.2 Å². The van der Waals surface area contributed by atoms with Gasteiger partial charge in [-0.3, -0.25) is 4.90 Å². The number of aromatic nitrogens is 3. The van der Waals surface area contributed by atoms with Gasteiger partial charge < -0.3 is 9.30 Å². The molecule has 6 heteroatoms. The average molecular weight is 316 g/mol. The van der Waals surface area contributed by atoms with Crippen molar-refractivity contribution in [1.82, 2.24) is 19.7 Å². The van der Waals surface area contributed by atoms with Crippen LogP contribution in [0.2, 0.25) is 0 Å². The highest BCUT2D eigenvalue weighted by Crippen LogP contribution is 2.37. The van der Waals surface area contributed by atoms with Crippen molar-refractivity contribution in [1.29, 1.82) is 0 Å². The third-order valence-corrected chi connectivity index (χ3v) is 4.96. The van der Waals surface area contributed by atoms with Crippen LogP contribution in [0, 0.1) is 5.82 Å². The summed E-state index contributed by atoms with van der Waals surface area (Å²) in [6, 6.07) is 5.50. The fourth-order valence-corrected chi connectivity index (χ4v) is 3.82. The molecule has 0 spiro atoms. The van der Waals surface area contributed by atoms with Crippen LogP contribution in [0.4, 0.5) is 4.39 Å². The molecule has 1 saturated heterocycles. The second-order valence-corrected chi connectivity index (χ2v) is 6.41. The number of fused-ring (bicyclic) bond motifs is 1. The Balaban J connectivity index is 1.59. The highest BCUT2D eigenvalue weighted by molar-refractivity contribution is 5.33. The molecule has 23 heavy (non-hydrogen) atoms. The van der Waals surface area contributed by atoms with Crippen molar-refractivity contribution in [2.75, 3.05) is 19.7 Å². The van der Waals surface area contributed by atoms with Crippen LogP contribution >= 0.6 is 0 Å². The normalized spacial score (nSPS) is 25.3. The third-order valence-electron chi connectivity index (χ3n) is 4.96. The van der Waals surface area contributed by atoms with Crippen LogP contribution in [-0.4, -0.2) is 39.4 Å². The number of benzene rings is 1. The summed E-state index contributed by atoms with van der Waals surface area (Å²) in [4.78, 5) is 2.42. The molecule has 0 unspecified atom stereocenters. The van der Waals surface area contributed by atoms with Crippen LogP contribution in [0.25, 0.3) is 0 Å². The zero-order valence-electron chi connectivity index (χ0n) is 13.3. The topological polar surface area (TPSA) is 43.2 Å². The lowest BCUT2D eigenvalue weighted by Crippen LogP contribution is -2.42. The minimum atomic E-state index is -0.145. The smallest absolute Gasteiger partial charge is 0.163 e. The molecule has 1 aliphatic heterocycles. The molecular formula is C17H21FN4O. The van der Waals surface area contributed by atoms with Crippen molar-refractivity contribution in [3.05, 3.63) is 47.3 Å². The van der Waals surface area contributed by atoms with Gasteiger partial charge in [0.25, 0.3) is 0 Å². The van der Waals surface area contributed by atoms with Crippen molar-refractivity contribution in [2.45, 2.75) is 31.4 Å². The Morgan fingerprint density at radius 3 is 3.09 bits per heavy atom. The summed E-state index contributed by atoms with van der Waals surface area (Å²) in [7, 11) is 1.93. The van der Waals surface area contributed by atoms with Gasteiger partial charge >= 0.3 is 0 Å². The highest BCUT2D eigenvalue weighted by Gasteiger charge is 2.32. The van der Waals surface area contributed by atoms with Gasteiger partial charge in [-0.25, -0.2) is 4.39 Å². The predicted octanol–water partition coefficient (Wildman–Crippen LogP) is 2.41. The van der Waals surface area contributed by atoms with E-state index in [0.29, 0.717) is 6.61 Å². The Morgan fingerprint density at radius 1 is 1.35 bits per heavy atom. The van der Waals surface area contributed by atoms with Crippen LogP contribution in [0.3, 0.4) is 0 Å². The first-order valence-corrected chi connectivity index (χ1v) is 8.20. The number of nitrogens with zero attached hydrogens (tertiary/aromatic N) is 4. The molecule has 0 amide bonds. The van der Waals surface area contributed by atoms with Gasteiger partial charge in [-0.05, 0) is 42.5 Å². The van der Waals surface area contributed by atoms with Gasteiger partial charge in [0.2, 0.25) is 0 Å². The van der Waals surface area contributed by atoms with Gasteiger partial charge in [-0.2, -0.15) is 0 Å². The van der Waals surface area contributed by atoms with Crippen LogP contribution in [-0.2, 0) is 18.2 Å². The van der Waals surface area contributed by atoms with E-state index in [1.807, 2.05) is 17.7 Å². The molecule has 5 nitrogen and oxygen atoms in total. The fraction of sp³-hybridized carbons (Fsp3) is 0.529. The molecule has 2 heterocycles. The number of hydrogen-bond acceptors (Lipinski definition) is 4. The number of hydrogen-bond donors (Lipinski definition) is 0. The molecule has 2 aliphatic rings. The van der Waals surface area contributed by atoms with E-state index in [0.717, 1.165) is 43.7 Å². The lowest BCUT2D eigenvalue weighted by molar-refractivity contribution is -0.0530. The maximum Gasteiger partial charge on any atom is 0.163 e. The lowest BCUT2D eigenvalue weighted by atomic mass is 9.86. The van der Waals surface area contributed by atoms with E-state index >= 15 is 0 Å². The van der Waals surface area contributed by atoms with E-state index in [-0.39, 0.29) is 18.0 Å². The summed E-state index contributed by atoms with van der Waals surface area (Å²) in [6.07, 6.45) is 4.89. The molecule has 0 bridgehead atoms. The molecule has 0 saturated carbocycles. The Kier molecular flexibility index (Phi) is 3.87. The van der Waals surface area contributed by atoms with Crippen molar-refractivity contribution < 1.29 is 9.13 Å². The molecule has 4 rings (SSSR count). The standard InChI is InChI=1S/C17H21FN4O/c1-21-11-19-20-17(21)16-10-22(7-8-23-16)15-4-2-3-12-5-6-13(18)9-14(12)15/h5-6,9,11,15-16H,2-4,7-8,10H2,1H3/t15-,16+/m0/s1. The van der Waals surface area contributed by atoms with E-state index in [9.17, 15) is 4.39 Å². The lowest BCUT2D eigenvalue weighted by Gasteiger charge is -2.40. The van der Waals surface area contributed by atoms with E-state index in [4.69, 9.17) is 4.74 Å². The van der Waals surface area contributed by atoms with Crippen LogP contribution in [0.1, 0.15) is 41.9 Å². The monoisotopic (exact) mass is 316 g/mol. The van der Waals surface area contributed by atoms with E-state index in [1.165, 1.54) is 5.56 Å². The zero-order chi connectivity index (χ0) is 15.8. The molecule has 2 atom stereocenters. The van der Waals surface area contributed by atoms with Crippen molar-refractivity contribution >= 4 is 0 Å². The van der Waals surface area contributed by atoms with Crippen molar-refractivity contribution in [3.8, 4) is 0 Å².